The third kappa shape index (κ3) is 3.44. The van der Waals surface area contributed by atoms with Gasteiger partial charge >= 0.3 is 5.97 Å². The van der Waals surface area contributed by atoms with Crippen molar-refractivity contribution in [1.29, 1.82) is 0 Å². The van der Waals surface area contributed by atoms with Gasteiger partial charge < -0.3 is 15.8 Å². The van der Waals surface area contributed by atoms with E-state index in [-0.39, 0.29) is 5.97 Å². The minimum absolute atomic E-state index is 0.326. The minimum Gasteiger partial charge on any atom is -0.462 e. The van der Waals surface area contributed by atoms with Crippen LogP contribution in [0.4, 0.5) is 11.4 Å². The number of carbonyl (C=O) groups excluding carboxylic acids is 1. The first-order chi connectivity index (χ1) is 9.41. The number of hydrogen-bond donors (Lipinski definition) is 2. The van der Waals surface area contributed by atoms with Gasteiger partial charge in [0.25, 0.3) is 0 Å². The van der Waals surface area contributed by atoms with E-state index in [1.54, 1.807) is 19.1 Å². The van der Waals surface area contributed by atoms with Crippen molar-refractivity contribution >= 4 is 17.3 Å². The van der Waals surface area contributed by atoms with Gasteiger partial charge in [0.15, 0.2) is 0 Å². The Morgan fingerprint density at radius 1 is 1.50 bits per heavy atom. The van der Waals surface area contributed by atoms with E-state index in [1.165, 1.54) is 6.42 Å². The van der Waals surface area contributed by atoms with Crippen molar-refractivity contribution in [3.63, 3.8) is 0 Å². The van der Waals surface area contributed by atoms with Gasteiger partial charge in [0.05, 0.1) is 23.5 Å². The third-order valence-corrected chi connectivity index (χ3v) is 3.89. The summed E-state index contributed by atoms with van der Waals surface area (Å²) < 4.78 is 4.97. The van der Waals surface area contributed by atoms with Gasteiger partial charge in [-0.25, -0.2) is 4.79 Å². The summed E-state index contributed by atoms with van der Waals surface area (Å²) >= 11 is 0. The summed E-state index contributed by atoms with van der Waals surface area (Å²) in [4.78, 5) is 11.6. The van der Waals surface area contributed by atoms with Gasteiger partial charge in [-0.15, -0.1) is 0 Å². The van der Waals surface area contributed by atoms with E-state index in [4.69, 9.17) is 10.5 Å². The smallest absolute Gasteiger partial charge is 0.338 e. The average molecular weight is 276 g/mol. The molecule has 1 saturated carbocycles. The summed E-state index contributed by atoms with van der Waals surface area (Å²) in [5, 5.41) is 3.49. The standard InChI is InChI=1S/C16H24N2O2/c1-4-20-15(19)11-5-6-14(13(17)9-11)18-12-7-8-16(2,3)10-12/h5-6,9,12,18H,4,7-8,10,17H2,1-3H3. The molecule has 1 fully saturated rings. The van der Waals surface area contributed by atoms with Crippen molar-refractivity contribution in [3.8, 4) is 0 Å². The first kappa shape index (κ1) is 14.7. The van der Waals surface area contributed by atoms with Gasteiger partial charge in [-0.3, -0.25) is 0 Å². The van der Waals surface area contributed by atoms with Crippen molar-refractivity contribution in [1.82, 2.24) is 0 Å². The van der Waals surface area contributed by atoms with Gasteiger partial charge in [-0.05, 0) is 49.8 Å². The van der Waals surface area contributed by atoms with Gasteiger partial charge in [-0.1, -0.05) is 13.8 Å². The molecule has 0 amide bonds. The van der Waals surface area contributed by atoms with Crippen LogP contribution >= 0.6 is 0 Å². The fourth-order valence-electron chi connectivity index (χ4n) is 2.81. The van der Waals surface area contributed by atoms with Crippen molar-refractivity contribution in [2.45, 2.75) is 46.1 Å². The van der Waals surface area contributed by atoms with Crippen LogP contribution in [0.25, 0.3) is 0 Å². The summed E-state index contributed by atoms with van der Waals surface area (Å²) in [6.45, 7) is 6.75. The quantitative estimate of drug-likeness (QED) is 0.653. The highest BCUT2D eigenvalue weighted by atomic mass is 16.5. The molecule has 0 heterocycles. The summed E-state index contributed by atoms with van der Waals surface area (Å²) in [5.41, 5.74) is 8.43. The van der Waals surface area contributed by atoms with E-state index >= 15 is 0 Å². The molecule has 1 atom stereocenters. The third-order valence-electron chi connectivity index (χ3n) is 3.89. The molecule has 1 aliphatic rings. The Labute approximate surface area is 120 Å². The van der Waals surface area contributed by atoms with Crippen LogP contribution in [0.15, 0.2) is 18.2 Å². The SMILES string of the molecule is CCOC(=O)c1ccc(NC2CCC(C)(C)C2)c(N)c1. The fraction of sp³-hybridized carbons (Fsp3) is 0.562. The number of anilines is 2. The highest BCUT2D eigenvalue weighted by Crippen LogP contribution is 2.38. The number of benzene rings is 1. The Hall–Kier alpha value is -1.71. The lowest BCUT2D eigenvalue weighted by Gasteiger charge is -2.19. The van der Waals surface area contributed by atoms with Crippen LogP contribution in [-0.2, 0) is 4.74 Å². The van der Waals surface area contributed by atoms with Crippen LogP contribution in [0.5, 0.6) is 0 Å². The molecular weight excluding hydrogens is 252 g/mol. The van der Waals surface area contributed by atoms with Crippen molar-refractivity contribution in [2.75, 3.05) is 17.7 Å². The molecule has 0 aliphatic heterocycles. The summed E-state index contributed by atoms with van der Waals surface area (Å²) in [7, 11) is 0. The van der Waals surface area contributed by atoms with Crippen LogP contribution in [0, 0.1) is 5.41 Å². The summed E-state index contributed by atoms with van der Waals surface area (Å²) in [5.74, 6) is -0.326. The molecule has 0 aromatic heterocycles. The normalized spacial score (nSPS) is 20.6. The topological polar surface area (TPSA) is 64.3 Å². The van der Waals surface area contributed by atoms with Crippen molar-refractivity contribution in [2.24, 2.45) is 5.41 Å². The van der Waals surface area contributed by atoms with E-state index in [2.05, 4.69) is 19.2 Å². The molecule has 3 N–H and O–H groups in total. The Morgan fingerprint density at radius 2 is 2.25 bits per heavy atom. The zero-order valence-electron chi connectivity index (χ0n) is 12.5. The molecule has 0 radical (unpaired) electrons. The Morgan fingerprint density at radius 3 is 2.80 bits per heavy atom. The molecule has 1 aliphatic carbocycles. The zero-order valence-corrected chi connectivity index (χ0v) is 12.5. The summed E-state index contributed by atoms with van der Waals surface area (Å²) in [6.07, 6.45) is 3.53. The molecule has 0 saturated heterocycles. The Balaban J connectivity index is 2.05. The number of nitrogen functional groups attached to an aromatic ring is 1. The maximum absolute atomic E-state index is 11.6. The molecule has 1 unspecified atom stereocenters. The van der Waals surface area contributed by atoms with E-state index in [1.807, 2.05) is 6.07 Å². The lowest BCUT2D eigenvalue weighted by molar-refractivity contribution is 0.0526. The molecule has 110 valence electrons. The largest absolute Gasteiger partial charge is 0.462 e. The number of esters is 1. The van der Waals surface area contributed by atoms with Crippen LogP contribution in [-0.4, -0.2) is 18.6 Å². The Kier molecular flexibility index (Phi) is 4.21. The molecule has 4 heteroatoms. The van der Waals surface area contributed by atoms with Gasteiger partial charge in [0, 0.05) is 6.04 Å². The maximum Gasteiger partial charge on any atom is 0.338 e. The molecule has 1 aromatic carbocycles. The molecule has 2 rings (SSSR count). The van der Waals surface area contributed by atoms with E-state index < -0.39 is 0 Å². The fourth-order valence-corrected chi connectivity index (χ4v) is 2.81. The molecule has 4 nitrogen and oxygen atoms in total. The predicted octanol–water partition coefficient (Wildman–Crippen LogP) is 3.44. The average Bonchev–Trinajstić information content (AvgIpc) is 2.71. The molecule has 20 heavy (non-hydrogen) atoms. The zero-order chi connectivity index (χ0) is 14.8. The predicted molar refractivity (Wildman–Crippen MR) is 81.9 cm³/mol. The molecule has 1 aromatic rings. The van der Waals surface area contributed by atoms with Gasteiger partial charge in [0.1, 0.15) is 0 Å². The second-order valence-electron chi connectivity index (χ2n) is 6.27. The van der Waals surface area contributed by atoms with Gasteiger partial charge in [0.2, 0.25) is 0 Å². The highest BCUT2D eigenvalue weighted by molar-refractivity contribution is 5.91. The summed E-state index contributed by atoms with van der Waals surface area (Å²) in [6, 6.07) is 5.77. The number of hydrogen-bond acceptors (Lipinski definition) is 4. The van der Waals surface area contributed by atoms with Crippen molar-refractivity contribution < 1.29 is 9.53 Å². The number of nitrogens with one attached hydrogen (secondary N) is 1. The molecular formula is C16H24N2O2. The number of carbonyl (C=O) groups is 1. The van der Waals surface area contributed by atoms with Crippen LogP contribution in [0.2, 0.25) is 0 Å². The number of rotatable bonds is 4. The first-order valence-corrected chi connectivity index (χ1v) is 7.24. The van der Waals surface area contributed by atoms with Crippen LogP contribution in [0.1, 0.15) is 50.4 Å². The second-order valence-corrected chi connectivity index (χ2v) is 6.27. The maximum atomic E-state index is 11.6. The van der Waals surface area contributed by atoms with Crippen LogP contribution < -0.4 is 11.1 Å². The monoisotopic (exact) mass is 276 g/mol. The Bertz CT molecular complexity index is 497. The van der Waals surface area contributed by atoms with E-state index in [9.17, 15) is 4.79 Å². The minimum atomic E-state index is -0.326. The van der Waals surface area contributed by atoms with Crippen molar-refractivity contribution in [3.05, 3.63) is 23.8 Å². The second kappa shape index (κ2) is 5.73. The first-order valence-electron chi connectivity index (χ1n) is 7.24. The number of nitrogens with two attached hydrogens (primary N) is 1. The molecule has 0 bridgehead atoms. The number of ether oxygens (including phenoxy) is 1. The molecule has 0 spiro atoms. The van der Waals surface area contributed by atoms with E-state index in [0.717, 1.165) is 18.5 Å². The lowest BCUT2D eigenvalue weighted by atomic mass is 9.92. The van der Waals surface area contributed by atoms with E-state index in [0.29, 0.717) is 29.3 Å². The van der Waals surface area contributed by atoms with Gasteiger partial charge in [-0.2, -0.15) is 0 Å². The van der Waals surface area contributed by atoms with Crippen LogP contribution in [0.3, 0.4) is 0 Å². The highest BCUT2D eigenvalue weighted by Gasteiger charge is 2.30. The lowest BCUT2D eigenvalue weighted by Crippen LogP contribution is -2.18.